The van der Waals surface area contributed by atoms with Gasteiger partial charge in [0.15, 0.2) is 0 Å². The molecular weight excluding hydrogens is 370 g/mol. The van der Waals surface area contributed by atoms with E-state index in [0.717, 1.165) is 19.5 Å². The van der Waals surface area contributed by atoms with Crippen LogP contribution >= 0.6 is 8.58 Å². The van der Waals surface area contributed by atoms with E-state index in [2.05, 4.69) is 9.97 Å². The Hall–Kier alpha value is 1.05. The Morgan fingerprint density at radius 1 is 0.765 bits per heavy atom. The van der Waals surface area contributed by atoms with Crippen LogP contribution in [-0.2, 0) is 0 Å². The molecule has 2 aromatic rings. The van der Waals surface area contributed by atoms with Crippen molar-refractivity contribution >= 4 is 42.5 Å². The second-order valence-electron chi connectivity index (χ2n) is 2.49. The fraction of sp³-hybridized carbons (Fsp3) is 0. The second-order valence-corrected chi connectivity index (χ2v) is 3.63. The van der Waals surface area contributed by atoms with Gasteiger partial charge in [0.1, 0.15) is 0 Å². The summed E-state index contributed by atoms with van der Waals surface area (Å²) in [6, 6.07) is 11.8. The van der Waals surface area contributed by atoms with Crippen molar-refractivity contribution in [1.29, 1.82) is 0 Å². The van der Waals surface area contributed by atoms with Crippen molar-refractivity contribution < 1.29 is 52.8 Å². The third kappa shape index (κ3) is 8.72. The van der Waals surface area contributed by atoms with E-state index in [1.165, 1.54) is 0 Å². The van der Waals surface area contributed by atoms with E-state index in [4.69, 9.17) is 0 Å². The summed E-state index contributed by atoms with van der Waals surface area (Å²) in [5.41, 5.74) is 2.06. The van der Waals surface area contributed by atoms with E-state index in [0.29, 0.717) is 0 Å². The van der Waals surface area contributed by atoms with Crippen molar-refractivity contribution in [3.63, 3.8) is 0 Å². The van der Waals surface area contributed by atoms with Gasteiger partial charge in [0.2, 0.25) is 0 Å². The molecule has 0 atom stereocenters. The van der Waals surface area contributed by atoms with Crippen LogP contribution in [0.5, 0.6) is 0 Å². The minimum Gasteiger partial charge on any atom is -1.00 e. The molecule has 7 heteroatoms. The monoisotopic (exact) mass is 376 g/mol. The Balaban J connectivity index is -0.000000490. The Kier molecular flexibility index (Phi) is 18.4. The Morgan fingerprint density at radius 3 is 1.47 bits per heavy atom. The van der Waals surface area contributed by atoms with Gasteiger partial charge in [0, 0.05) is 12.4 Å². The molecule has 2 nitrogen and oxygen atoms in total. The van der Waals surface area contributed by atoms with Crippen molar-refractivity contribution in [2.75, 3.05) is 0 Å². The summed E-state index contributed by atoms with van der Waals surface area (Å²) in [5.74, 6) is 0. The van der Waals surface area contributed by atoms with Gasteiger partial charge in [0.25, 0.3) is 0 Å². The third-order valence-corrected chi connectivity index (χ3v) is 2.51. The van der Waals surface area contributed by atoms with Crippen molar-refractivity contribution in [2.24, 2.45) is 0 Å². The molecule has 0 aliphatic carbocycles. The molecule has 0 amide bonds. The van der Waals surface area contributed by atoms with Crippen molar-refractivity contribution in [2.45, 2.75) is 0 Å². The Bertz CT molecular complexity index is 343. The summed E-state index contributed by atoms with van der Waals surface area (Å²) < 4.78 is 0. The second kappa shape index (κ2) is 13.5. The SMILES string of the molecule is [Br-].[Br-].[Li+].[Mg+2].c1ccc([P-]c2ccccn2)nc1. The Labute approximate surface area is 152 Å². The smallest absolute Gasteiger partial charge is 1.00 e. The maximum Gasteiger partial charge on any atom is 2.00 e. The molecule has 0 saturated carbocycles. The standard InChI is InChI=1S/C10H8N2P.2BrH.Li.Mg/c1-3-7-11-9(5-1)13-10-6-2-4-8-12-10;;;;/h1-8H;2*1H;;/q-1;;;+1;+2/p-2. The maximum absolute atomic E-state index is 4.22. The molecule has 0 bridgehead atoms. The van der Waals surface area contributed by atoms with Gasteiger partial charge < -0.3 is 42.5 Å². The topological polar surface area (TPSA) is 25.8 Å². The van der Waals surface area contributed by atoms with Crippen LogP contribution in [0.1, 0.15) is 0 Å². The molecule has 0 saturated heterocycles. The molecule has 0 spiro atoms. The summed E-state index contributed by atoms with van der Waals surface area (Å²) in [5, 5.41) is 0. The minimum absolute atomic E-state index is 0. The predicted octanol–water partition coefficient (Wildman–Crippen LogP) is -8.00. The van der Waals surface area contributed by atoms with Crippen LogP contribution in [0.3, 0.4) is 0 Å². The number of nitrogens with zero attached hydrogens (tertiary/aromatic N) is 2. The van der Waals surface area contributed by atoms with E-state index in [1.807, 2.05) is 36.4 Å². The average molecular weight is 378 g/mol. The first-order chi connectivity index (χ1) is 6.45. The van der Waals surface area contributed by atoms with E-state index < -0.39 is 0 Å². The molecule has 0 N–H and O–H groups in total. The summed E-state index contributed by atoms with van der Waals surface area (Å²) in [6.07, 6.45) is 3.59. The van der Waals surface area contributed by atoms with Gasteiger partial charge in [-0.15, -0.1) is 10.9 Å². The van der Waals surface area contributed by atoms with Gasteiger partial charge in [-0.05, 0) is 12.1 Å². The van der Waals surface area contributed by atoms with Crippen LogP contribution < -0.4 is 63.7 Å². The molecule has 0 aromatic carbocycles. The summed E-state index contributed by atoms with van der Waals surface area (Å²) in [7, 11) is 1.06. The molecule has 2 aromatic heterocycles. The first-order valence-corrected chi connectivity index (χ1v) is 4.88. The largest absolute Gasteiger partial charge is 2.00 e. The quantitative estimate of drug-likeness (QED) is 0.384. The zero-order chi connectivity index (χ0) is 8.93. The summed E-state index contributed by atoms with van der Waals surface area (Å²) in [6.45, 7) is 0. The van der Waals surface area contributed by atoms with Crippen LogP contribution in [-0.4, -0.2) is 33.0 Å². The van der Waals surface area contributed by atoms with E-state index >= 15 is 0 Å². The fourth-order valence-corrected chi connectivity index (χ4v) is 1.76. The average Bonchev–Trinajstić information content (AvgIpc) is 2.21. The van der Waals surface area contributed by atoms with Gasteiger partial charge in [-0.3, -0.25) is 9.97 Å². The zero-order valence-electron chi connectivity index (χ0n) is 9.42. The molecular formula is C10H8Br2LiMgN2P. The number of hydrogen-bond acceptors (Lipinski definition) is 2. The maximum atomic E-state index is 4.22. The normalized spacial score (nSPS) is 7.53. The van der Waals surface area contributed by atoms with Crippen molar-refractivity contribution in [1.82, 2.24) is 9.97 Å². The number of halogens is 2. The third-order valence-electron chi connectivity index (χ3n) is 1.53. The van der Waals surface area contributed by atoms with Gasteiger partial charge >= 0.3 is 41.9 Å². The molecule has 2 heterocycles. The predicted molar refractivity (Wildman–Crippen MR) is 60.4 cm³/mol. The zero-order valence-corrected chi connectivity index (χ0v) is 14.9. The van der Waals surface area contributed by atoms with Crippen LogP contribution in [0.25, 0.3) is 0 Å². The number of rotatable bonds is 2. The molecule has 2 rings (SSSR count). The summed E-state index contributed by atoms with van der Waals surface area (Å²) in [4.78, 5) is 8.44. The Morgan fingerprint density at radius 2 is 1.18 bits per heavy atom. The van der Waals surface area contributed by atoms with E-state index in [1.54, 1.807) is 12.4 Å². The van der Waals surface area contributed by atoms with Crippen LogP contribution in [0, 0.1) is 0 Å². The number of aromatic nitrogens is 2. The molecule has 0 aliphatic heterocycles. The van der Waals surface area contributed by atoms with Crippen molar-refractivity contribution in [3.05, 3.63) is 48.8 Å². The molecule has 0 unspecified atom stereocenters. The first kappa shape index (κ1) is 23.2. The van der Waals surface area contributed by atoms with E-state index in [-0.39, 0.29) is 75.9 Å². The molecule has 0 aliphatic rings. The van der Waals surface area contributed by atoms with Crippen LogP contribution in [0.2, 0.25) is 0 Å². The van der Waals surface area contributed by atoms with Crippen LogP contribution in [0.15, 0.2) is 48.8 Å². The molecule has 0 radical (unpaired) electrons. The van der Waals surface area contributed by atoms with Crippen LogP contribution in [0.4, 0.5) is 0 Å². The minimum atomic E-state index is 0. The van der Waals surface area contributed by atoms with Gasteiger partial charge in [-0.25, -0.2) is 0 Å². The summed E-state index contributed by atoms with van der Waals surface area (Å²) >= 11 is 0. The fourth-order valence-electron chi connectivity index (χ4n) is 0.957. The number of hydrogen-bond donors (Lipinski definition) is 0. The van der Waals surface area contributed by atoms with E-state index in [9.17, 15) is 0 Å². The molecule has 17 heavy (non-hydrogen) atoms. The molecule has 0 fully saturated rings. The van der Waals surface area contributed by atoms with Gasteiger partial charge in [0.05, 0.1) is 0 Å². The molecule has 80 valence electrons. The van der Waals surface area contributed by atoms with Crippen molar-refractivity contribution in [3.8, 4) is 0 Å². The van der Waals surface area contributed by atoms with Gasteiger partial charge in [-0.2, -0.15) is 0 Å². The number of pyridine rings is 2. The first-order valence-electron chi connectivity index (χ1n) is 3.99. The van der Waals surface area contributed by atoms with Gasteiger partial charge in [-0.1, -0.05) is 24.3 Å².